The number of fused-ring (bicyclic) bond motifs is 2. The van der Waals surface area contributed by atoms with Gasteiger partial charge in [0.1, 0.15) is 11.2 Å². The zero-order valence-electron chi connectivity index (χ0n) is 17.4. The average Bonchev–Trinajstić information content (AvgIpc) is 3.36. The maximum absolute atomic E-state index is 12.3. The van der Waals surface area contributed by atoms with Gasteiger partial charge in [-0.1, -0.05) is 20.8 Å². The molecule has 0 radical (unpaired) electrons. The van der Waals surface area contributed by atoms with Crippen LogP contribution in [-0.4, -0.2) is 36.0 Å². The second-order valence-corrected chi connectivity index (χ2v) is 8.45. The van der Waals surface area contributed by atoms with Gasteiger partial charge in [-0.3, -0.25) is 19.9 Å². The van der Waals surface area contributed by atoms with Gasteiger partial charge >= 0.3 is 0 Å². The number of nitrogens with zero attached hydrogens (tertiary/aromatic N) is 4. The molecule has 0 bridgehead atoms. The van der Waals surface area contributed by atoms with Crippen molar-refractivity contribution < 1.29 is 4.79 Å². The smallest absolute Gasteiger partial charge is 0.229 e. The van der Waals surface area contributed by atoms with Gasteiger partial charge in [0.05, 0.1) is 39.8 Å². The number of nitrogens with one attached hydrogen (secondary N) is 3. The third kappa shape index (κ3) is 3.52. The number of carbonyl (C=O) groups is 1. The molecule has 3 N–H and O–H groups in total. The van der Waals surface area contributed by atoms with E-state index < -0.39 is 5.41 Å². The fourth-order valence-electron chi connectivity index (χ4n) is 3.30. The van der Waals surface area contributed by atoms with Crippen LogP contribution in [0, 0.1) is 5.41 Å². The number of carbonyl (C=O) groups excluding carboxylic acids is 1. The number of H-pyrrole nitrogens is 2. The summed E-state index contributed by atoms with van der Waals surface area (Å²) in [6, 6.07) is 11.5. The number of pyridine rings is 3. The molecule has 0 fully saturated rings. The van der Waals surface area contributed by atoms with Crippen LogP contribution < -0.4 is 5.32 Å². The molecule has 0 aliphatic carbocycles. The van der Waals surface area contributed by atoms with E-state index in [9.17, 15) is 4.79 Å². The van der Waals surface area contributed by atoms with Crippen LogP contribution in [0.4, 0.5) is 5.69 Å². The van der Waals surface area contributed by atoms with Crippen molar-refractivity contribution in [3.63, 3.8) is 0 Å². The first kappa shape index (κ1) is 18.9. The third-order valence-electron chi connectivity index (χ3n) is 5.02. The second-order valence-electron chi connectivity index (χ2n) is 8.45. The van der Waals surface area contributed by atoms with Gasteiger partial charge in [-0.25, -0.2) is 4.98 Å². The fraction of sp³-hybridized carbons (Fsp3) is 0.174. The summed E-state index contributed by atoms with van der Waals surface area (Å²) in [5, 5.41) is 10.4. The van der Waals surface area contributed by atoms with E-state index in [1.165, 1.54) is 0 Å². The SMILES string of the molecule is CC(C)(C)C(=O)Nc1cncc(-c2ccc3[nH]nc(-c4cc5ncccc5[nH]4)c3n2)c1. The molecular weight excluding hydrogens is 390 g/mol. The highest BCUT2D eigenvalue weighted by Gasteiger charge is 2.21. The lowest BCUT2D eigenvalue weighted by Gasteiger charge is -2.17. The number of hydrogen-bond donors (Lipinski definition) is 3. The first-order valence-electron chi connectivity index (χ1n) is 9.94. The molecule has 5 rings (SSSR count). The van der Waals surface area contributed by atoms with Gasteiger partial charge in [0.15, 0.2) is 0 Å². The predicted molar refractivity (Wildman–Crippen MR) is 120 cm³/mol. The van der Waals surface area contributed by atoms with Gasteiger partial charge in [-0.2, -0.15) is 5.10 Å². The van der Waals surface area contributed by atoms with E-state index in [0.29, 0.717) is 5.69 Å². The Labute approximate surface area is 178 Å². The highest BCUT2D eigenvalue weighted by Crippen LogP contribution is 2.29. The zero-order valence-corrected chi connectivity index (χ0v) is 17.4. The minimum absolute atomic E-state index is 0.0700. The van der Waals surface area contributed by atoms with Crippen LogP contribution in [0.1, 0.15) is 20.8 Å². The minimum atomic E-state index is -0.493. The zero-order chi connectivity index (χ0) is 21.6. The quantitative estimate of drug-likeness (QED) is 0.403. The monoisotopic (exact) mass is 411 g/mol. The predicted octanol–water partition coefficient (Wildman–Crippen LogP) is 4.55. The maximum Gasteiger partial charge on any atom is 0.229 e. The van der Waals surface area contributed by atoms with E-state index in [1.807, 2.05) is 57.2 Å². The van der Waals surface area contributed by atoms with Crippen molar-refractivity contribution >= 4 is 33.7 Å². The Balaban J connectivity index is 1.54. The molecule has 1 amide bonds. The van der Waals surface area contributed by atoms with Crippen molar-refractivity contribution in [1.29, 1.82) is 0 Å². The van der Waals surface area contributed by atoms with Crippen molar-refractivity contribution in [1.82, 2.24) is 30.1 Å². The number of rotatable bonds is 3. The van der Waals surface area contributed by atoms with Crippen LogP contribution in [0.15, 0.2) is 55.0 Å². The normalized spacial score (nSPS) is 11.8. The molecule has 0 unspecified atom stereocenters. The minimum Gasteiger partial charge on any atom is -0.352 e. The highest BCUT2D eigenvalue weighted by molar-refractivity contribution is 5.95. The van der Waals surface area contributed by atoms with Crippen LogP contribution in [0.25, 0.3) is 44.7 Å². The summed E-state index contributed by atoms with van der Waals surface area (Å²) in [4.78, 5) is 29.2. The topological polar surface area (TPSA) is 112 Å². The molecule has 5 aromatic heterocycles. The molecule has 0 saturated carbocycles. The van der Waals surface area contributed by atoms with Gasteiger partial charge in [0, 0.05) is 23.4 Å². The molecule has 0 aliphatic rings. The lowest BCUT2D eigenvalue weighted by molar-refractivity contribution is -0.123. The Bertz CT molecular complexity index is 1390. The second kappa shape index (κ2) is 7.02. The number of aromatic amines is 2. The van der Waals surface area contributed by atoms with E-state index in [4.69, 9.17) is 4.98 Å². The van der Waals surface area contributed by atoms with Gasteiger partial charge in [0.25, 0.3) is 0 Å². The van der Waals surface area contributed by atoms with E-state index in [0.717, 1.165) is 44.7 Å². The van der Waals surface area contributed by atoms with Crippen LogP contribution in [0.5, 0.6) is 0 Å². The first-order valence-corrected chi connectivity index (χ1v) is 9.94. The van der Waals surface area contributed by atoms with E-state index in [2.05, 4.69) is 30.5 Å². The van der Waals surface area contributed by atoms with Gasteiger partial charge in [-0.15, -0.1) is 0 Å². The molecule has 8 nitrogen and oxygen atoms in total. The molecular formula is C23H21N7O. The van der Waals surface area contributed by atoms with Crippen LogP contribution in [0.2, 0.25) is 0 Å². The largest absolute Gasteiger partial charge is 0.352 e. The lowest BCUT2D eigenvalue weighted by Crippen LogP contribution is -2.27. The third-order valence-corrected chi connectivity index (χ3v) is 5.02. The summed E-state index contributed by atoms with van der Waals surface area (Å²) in [5.74, 6) is -0.0700. The number of anilines is 1. The van der Waals surface area contributed by atoms with Crippen molar-refractivity contribution in [3.05, 3.63) is 55.0 Å². The summed E-state index contributed by atoms with van der Waals surface area (Å²) < 4.78 is 0. The number of amides is 1. The van der Waals surface area contributed by atoms with Crippen LogP contribution in [0.3, 0.4) is 0 Å². The molecule has 8 heteroatoms. The Morgan fingerprint density at radius 1 is 1.06 bits per heavy atom. The highest BCUT2D eigenvalue weighted by atomic mass is 16.2. The Hall–Kier alpha value is -4.07. The van der Waals surface area contributed by atoms with Crippen molar-refractivity contribution in [3.8, 4) is 22.6 Å². The molecule has 154 valence electrons. The van der Waals surface area contributed by atoms with E-state index in [-0.39, 0.29) is 5.91 Å². The molecule has 31 heavy (non-hydrogen) atoms. The molecule has 0 aromatic carbocycles. The Morgan fingerprint density at radius 3 is 2.74 bits per heavy atom. The number of hydrogen-bond acceptors (Lipinski definition) is 5. The molecule has 5 aromatic rings. The van der Waals surface area contributed by atoms with Gasteiger partial charge in [0.2, 0.25) is 5.91 Å². The van der Waals surface area contributed by atoms with E-state index in [1.54, 1.807) is 18.6 Å². The van der Waals surface area contributed by atoms with Crippen molar-refractivity contribution in [2.75, 3.05) is 5.32 Å². The molecule has 0 spiro atoms. The maximum atomic E-state index is 12.3. The lowest BCUT2D eigenvalue weighted by atomic mass is 9.95. The fourth-order valence-corrected chi connectivity index (χ4v) is 3.30. The van der Waals surface area contributed by atoms with E-state index >= 15 is 0 Å². The molecule has 5 heterocycles. The van der Waals surface area contributed by atoms with Crippen LogP contribution in [-0.2, 0) is 4.79 Å². The van der Waals surface area contributed by atoms with Gasteiger partial charge < -0.3 is 10.3 Å². The number of aromatic nitrogens is 6. The Kier molecular flexibility index (Phi) is 4.28. The van der Waals surface area contributed by atoms with Crippen molar-refractivity contribution in [2.24, 2.45) is 5.41 Å². The van der Waals surface area contributed by atoms with Gasteiger partial charge in [-0.05, 0) is 36.4 Å². The van der Waals surface area contributed by atoms with Crippen LogP contribution >= 0.6 is 0 Å². The summed E-state index contributed by atoms with van der Waals surface area (Å²) in [5.41, 5.74) is 6.63. The Morgan fingerprint density at radius 2 is 1.94 bits per heavy atom. The molecule has 0 atom stereocenters. The summed E-state index contributed by atoms with van der Waals surface area (Å²) in [7, 11) is 0. The molecule has 0 aliphatic heterocycles. The summed E-state index contributed by atoms with van der Waals surface area (Å²) in [6.45, 7) is 5.61. The average molecular weight is 411 g/mol. The first-order chi connectivity index (χ1) is 14.9. The standard InChI is InChI=1S/C23H21N7O/c1-23(2,3)22(31)26-14-9-13(11-24-12-14)15-6-7-17-20(28-15)21(30-29-17)19-10-18-16(27-19)5-4-8-25-18/h4-12,27H,1-3H3,(H,26,31)(H,29,30). The van der Waals surface area contributed by atoms with Crippen molar-refractivity contribution in [2.45, 2.75) is 20.8 Å². The molecule has 0 saturated heterocycles. The summed E-state index contributed by atoms with van der Waals surface area (Å²) >= 11 is 0. The summed E-state index contributed by atoms with van der Waals surface area (Å²) in [6.07, 6.45) is 5.12.